The smallest absolute Gasteiger partial charge is 0.223 e. The first-order valence-electron chi connectivity index (χ1n) is 8.01. The standard InChI is InChI=1S/C17H26N2O2S.ClH/c1-3-11-19(14-8-10-18-13-14)17(20)9-12-22-16-6-4-15(21-2)5-7-16;/h4-7,14,18H,3,8-13H2,1-2H3;1H. The molecule has 1 aliphatic rings. The fraction of sp³-hybridized carbons (Fsp3) is 0.588. The Kier molecular flexibility index (Phi) is 9.44. The molecule has 1 aromatic carbocycles. The highest BCUT2D eigenvalue weighted by atomic mass is 35.5. The summed E-state index contributed by atoms with van der Waals surface area (Å²) in [5.74, 6) is 1.98. The predicted molar refractivity (Wildman–Crippen MR) is 98.9 cm³/mol. The molecule has 23 heavy (non-hydrogen) atoms. The third-order valence-electron chi connectivity index (χ3n) is 3.90. The molecule has 1 aromatic rings. The van der Waals surface area contributed by atoms with E-state index in [2.05, 4.69) is 17.1 Å². The average molecular weight is 359 g/mol. The summed E-state index contributed by atoms with van der Waals surface area (Å²) in [6.07, 6.45) is 2.71. The van der Waals surface area contributed by atoms with Gasteiger partial charge in [-0.25, -0.2) is 0 Å². The first-order chi connectivity index (χ1) is 10.7. The van der Waals surface area contributed by atoms with Crippen LogP contribution in [0.25, 0.3) is 0 Å². The van der Waals surface area contributed by atoms with E-state index >= 15 is 0 Å². The number of carbonyl (C=O) groups excluding carboxylic acids is 1. The van der Waals surface area contributed by atoms with Gasteiger partial charge >= 0.3 is 0 Å². The molecule has 2 rings (SSSR count). The van der Waals surface area contributed by atoms with Crippen LogP contribution < -0.4 is 10.1 Å². The van der Waals surface area contributed by atoms with Gasteiger partial charge in [-0.3, -0.25) is 4.79 Å². The summed E-state index contributed by atoms with van der Waals surface area (Å²) in [6, 6.07) is 8.38. The van der Waals surface area contributed by atoms with Crippen LogP contribution in [0.3, 0.4) is 0 Å². The van der Waals surface area contributed by atoms with E-state index in [1.165, 1.54) is 4.90 Å². The SMILES string of the molecule is CCCN(C(=O)CCSc1ccc(OC)cc1)C1CCNC1.Cl. The summed E-state index contributed by atoms with van der Waals surface area (Å²) in [7, 11) is 1.67. The number of rotatable bonds is 8. The zero-order chi connectivity index (χ0) is 15.8. The molecule has 0 aliphatic carbocycles. The van der Waals surface area contributed by atoms with E-state index in [1.54, 1.807) is 18.9 Å². The van der Waals surface area contributed by atoms with Crippen LogP contribution in [-0.2, 0) is 4.79 Å². The Bertz CT molecular complexity index is 464. The number of nitrogens with one attached hydrogen (secondary N) is 1. The molecular formula is C17H27ClN2O2S. The van der Waals surface area contributed by atoms with Gasteiger partial charge in [0, 0.05) is 36.2 Å². The summed E-state index contributed by atoms with van der Waals surface area (Å²) >= 11 is 1.73. The molecule has 1 atom stereocenters. The number of amides is 1. The second-order valence-electron chi connectivity index (χ2n) is 5.51. The number of ether oxygens (including phenoxy) is 1. The number of benzene rings is 1. The molecule has 0 saturated carbocycles. The van der Waals surface area contributed by atoms with Gasteiger partial charge in [0.05, 0.1) is 7.11 Å². The number of hydrogen-bond acceptors (Lipinski definition) is 4. The average Bonchev–Trinajstić information content (AvgIpc) is 3.07. The van der Waals surface area contributed by atoms with Crippen molar-refractivity contribution in [2.45, 2.75) is 37.1 Å². The van der Waals surface area contributed by atoms with Gasteiger partial charge < -0.3 is 15.0 Å². The molecule has 0 aromatic heterocycles. The molecular weight excluding hydrogens is 332 g/mol. The maximum atomic E-state index is 12.5. The Balaban J connectivity index is 0.00000264. The second kappa shape index (κ2) is 10.8. The van der Waals surface area contributed by atoms with Crippen molar-refractivity contribution in [3.05, 3.63) is 24.3 Å². The first-order valence-corrected chi connectivity index (χ1v) is 9.00. The molecule has 1 saturated heterocycles. The van der Waals surface area contributed by atoms with Crippen molar-refractivity contribution in [3.63, 3.8) is 0 Å². The summed E-state index contributed by atoms with van der Waals surface area (Å²) in [4.78, 5) is 15.7. The van der Waals surface area contributed by atoms with E-state index < -0.39 is 0 Å². The van der Waals surface area contributed by atoms with Gasteiger partial charge in [0.1, 0.15) is 5.75 Å². The summed E-state index contributed by atoms with van der Waals surface area (Å²) in [5.41, 5.74) is 0. The molecule has 1 aliphatic heterocycles. The van der Waals surface area contributed by atoms with Gasteiger partial charge in [0.2, 0.25) is 5.91 Å². The molecule has 1 unspecified atom stereocenters. The van der Waals surface area contributed by atoms with Crippen molar-refractivity contribution in [1.82, 2.24) is 10.2 Å². The number of nitrogens with zero attached hydrogens (tertiary/aromatic N) is 1. The first kappa shape index (κ1) is 20.1. The van der Waals surface area contributed by atoms with Crippen LogP contribution >= 0.6 is 24.2 Å². The van der Waals surface area contributed by atoms with Crippen LogP contribution in [0.15, 0.2) is 29.2 Å². The zero-order valence-corrected chi connectivity index (χ0v) is 15.5. The maximum absolute atomic E-state index is 12.5. The van der Waals surface area contributed by atoms with E-state index in [0.29, 0.717) is 12.5 Å². The van der Waals surface area contributed by atoms with Crippen molar-refractivity contribution < 1.29 is 9.53 Å². The van der Waals surface area contributed by atoms with Crippen LogP contribution in [0.5, 0.6) is 5.75 Å². The Morgan fingerprint density at radius 3 is 2.70 bits per heavy atom. The van der Waals surface area contributed by atoms with Crippen molar-refractivity contribution >= 4 is 30.1 Å². The minimum Gasteiger partial charge on any atom is -0.497 e. The van der Waals surface area contributed by atoms with E-state index in [1.807, 2.05) is 24.3 Å². The maximum Gasteiger partial charge on any atom is 0.223 e. The Morgan fingerprint density at radius 2 is 2.13 bits per heavy atom. The molecule has 1 heterocycles. The number of halogens is 1. The summed E-state index contributed by atoms with van der Waals surface area (Å²) in [6.45, 7) is 4.98. The Morgan fingerprint density at radius 1 is 1.39 bits per heavy atom. The van der Waals surface area contributed by atoms with Crippen LogP contribution in [0.4, 0.5) is 0 Å². The number of methoxy groups -OCH3 is 1. The summed E-state index contributed by atoms with van der Waals surface area (Å²) < 4.78 is 5.15. The molecule has 1 amide bonds. The molecule has 1 N–H and O–H groups in total. The van der Waals surface area contributed by atoms with Gasteiger partial charge in [-0.2, -0.15) is 0 Å². The summed E-state index contributed by atoms with van der Waals surface area (Å²) in [5, 5.41) is 3.35. The zero-order valence-electron chi connectivity index (χ0n) is 13.9. The highest BCUT2D eigenvalue weighted by Crippen LogP contribution is 2.22. The largest absolute Gasteiger partial charge is 0.497 e. The molecule has 1 fully saturated rings. The highest BCUT2D eigenvalue weighted by Gasteiger charge is 2.25. The Labute approximate surface area is 149 Å². The lowest BCUT2D eigenvalue weighted by Gasteiger charge is -2.28. The fourth-order valence-electron chi connectivity index (χ4n) is 2.73. The van der Waals surface area contributed by atoms with Crippen molar-refractivity contribution in [1.29, 1.82) is 0 Å². The molecule has 130 valence electrons. The minimum atomic E-state index is 0. The van der Waals surface area contributed by atoms with E-state index in [4.69, 9.17) is 4.74 Å². The normalized spacial score (nSPS) is 16.7. The predicted octanol–water partition coefficient (Wildman–Crippen LogP) is 3.20. The van der Waals surface area contributed by atoms with Crippen molar-refractivity contribution in [2.24, 2.45) is 0 Å². The lowest BCUT2D eigenvalue weighted by atomic mass is 10.2. The lowest BCUT2D eigenvalue weighted by Crippen LogP contribution is -2.42. The molecule has 0 bridgehead atoms. The molecule has 6 heteroatoms. The second-order valence-corrected chi connectivity index (χ2v) is 6.68. The monoisotopic (exact) mass is 358 g/mol. The van der Waals surface area contributed by atoms with Crippen molar-refractivity contribution in [2.75, 3.05) is 32.5 Å². The molecule has 0 radical (unpaired) electrons. The number of hydrogen-bond donors (Lipinski definition) is 1. The fourth-order valence-corrected chi connectivity index (χ4v) is 3.57. The van der Waals surface area contributed by atoms with Crippen LogP contribution in [0.2, 0.25) is 0 Å². The van der Waals surface area contributed by atoms with Gasteiger partial charge in [0.15, 0.2) is 0 Å². The van der Waals surface area contributed by atoms with Gasteiger partial charge in [-0.05, 0) is 43.7 Å². The van der Waals surface area contributed by atoms with E-state index in [9.17, 15) is 4.79 Å². The van der Waals surface area contributed by atoms with Crippen LogP contribution in [0.1, 0.15) is 26.2 Å². The van der Waals surface area contributed by atoms with Gasteiger partial charge in [-0.1, -0.05) is 6.92 Å². The van der Waals surface area contributed by atoms with Gasteiger partial charge in [-0.15, -0.1) is 24.2 Å². The Hall–Kier alpha value is -0.910. The number of thioether (sulfide) groups is 1. The minimum absolute atomic E-state index is 0. The lowest BCUT2D eigenvalue weighted by molar-refractivity contribution is -0.132. The quantitative estimate of drug-likeness (QED) is 0.724. The molecule has 0 spiro atoms. The van der Waals surface area contributed by atoms with Crippen LogP contribution in [-0.4, -0.2) is 49.3 Å². The van der Waals surface area contributed by atoms with E-state index in [-0.39, 0.29) is 18.3 Å². The van der Waals surface area contributed by atoms with Gasteiger partial charge in [0.25, 0.3) is 0 Å². The van der Waals surface area contributed by atoms with E-state index in [0.717, 1.165) is 44.0 Å². The van der Waals surface area contributed by atoms with Crippen molar-refractivity contribution in [3.8, 4) is 5.75 Å². The third kappa shape index (κ3) is 6.24. The van der Waals surface area contributed by atoms with Crippen LogP contribution in [0, 0.1) is 0 Å². The topological polar surface area (TPSA) is 41.6 Å². The highest BCUT2D eigenvalue weighted by molar-refractivity contribution is 7.99. The molecule has 4 nitrogen and oxygen atoms in total. The third-order valence-corrected chi connectivity index (χ3v) is 4.92. The number of carbonyl (C=O) groups is 1.